The van der Waals surface area contributed by atoms with E-state index < -0.39 is 0 Å². The first-order valence-corrected chi connectivity index (χ1v) is 6.09. The first-order valence-electron chi connectivity index (χ1n) is 6.09. The zero-order valence-electron chi connectivity index (χ0n) is 9.99. The number of pyridine rings is 1. The smallest absolute Gasteiger partial charge is 0.126 e. The standard InChI is InChI=1S/C14H16N2O/c1-10-5-7-12(17-10)9-15-14-8-6-11-3-2-4-13(11)16-14/h5-8H,2-4,9H2,1H3,(H,15,16). The maximum absolute atomic E-state index is 5.51. The number of fused-ring (bicyclic) bond motifs is 1. The lowest BCUT2D eigenvalue weighted by Crippen LogP contribution is -2.02. The van der Waals surface area contributed by atoms with Crippen molar-refractivity contribution in [3.63, 3.8) is 0 Å². The van der Waals surface area contributed by atoms with Crippen LogP contribution in [0.3, 0.4) is 0 Å². The number of nitrogens with one attached hydrogen (secondary N) is 1. The summed E-state index contributed by atoms with van der Waals surface area (Å²) in [4.78, 5) is 4.62. The van der Waals surface area contributed by atoms with Crippen LogP contribution in [0.1, 0.15) is 29.2 Å². The van der Waals surface area contributed by atoms with Crippen molar-refractivity contribution >= 4 is 5.82 Å². The summed E-state index contributed by atoms with van der Waals surface area (Å²) in [5.41, 5.74) is 2.66. The van der Waals surface area contributed by atoms with Crippen molar-refractivity contribution in [3.8, 4) is 0 Å². The van der Waals surface area contributed by atoms with Gasteiger partial charge >= 0.3 is 0 Å². The predicted octanol–water partition coefficient (Wildman–Crippen LogP) is 3.08. The van der Waals surface area contributed by atoms with E-state index in [0.717, 1.165) is 23.8 Å². The van der Waals surface area contributed by atoms with Crippen LogP contribution in [0.5, 0.6) is 0 Å². The van der Waals surface area contributed by atoms with Gasteiger partial charge in [-0.1, -0.05) is 6.07 Å². The molecular formula is C14H16N2O. The second-order valence-corrected chi connectivity index (χ2v) is 4.52. The topological polar surface area (TPSA) is 38.1 Å². The lowest BCUT2D eigenvalue weighted by molar-refractivity contribution is 0.490. The summed E-state index contributed by atoms with van der Waals surface area (Å²) in [7, 11) is 0. The molecule has 0 saturated heterocycles. The summed E-state index contributed by atoms with van der Waals surface area (Å²) in [5.74, 6) is 2.84. The van der Waals surface area contributed by atoms with Gasteiger partial charge in [-0.25, -0.2) is 4.98 Å². The van der Waals surface area contributed by atoms with Gasteiger partial charge in [-0.2, -0.15) is 0 Å². The fourth-order valence-electron chi connectivity index (χ4n) is 2.28. The molecule has 0 aromatic carbocycles. The molecule has 0 bridgehead atoms. The molecular weight excluding hydrogens is 212 g/mol. The van der Waals surface area contributed by atoms with E-state index in [4.69, 9.17) is 4.42 Å². The van der Waals surface area contributed by atoms with Gasteiger partial charge in [-0.05, 0) is 49.9 Å². The van der Waals surface area contributed by atoms with Crippen molar-refractivity contribution in [1.29, 1.82) is 0 Å². The van der Waals surface area contributed by atoms with E-state index in [1.165, 1.54) is 24.1 Å². The molecule has 2 heterocycles. The van der Waals surface area contributed by atoms with Crippen molar-refractivity contribution in [2.45, 2.75) is 32.7 Å². The lowest BCUT2D eigenvalue weighted by atomic mass is 10.2. The molecule has 3 heteroatoms. The second-order valence-electron chi connectivity index (χ2n) is 4.52. The van der Waals surface area contributed by atoms with Gasteiger partial charge in [0.05, 0.1) is 6.54 Å². The largest absolute Gasteiger partial charge is 0.465 e. The Morgan fingerprint density at radius 1 is 1.24 bits per heavy atom. The Kier molecular flexibility index (Phi) is 2.59. The van der Waals surface area contributed by atoms with E-state index in [0.29, 0.717) is 6.54 Å². The third-order valence-electron chi connectivity index (χ3n) is 3.17. The number of hydrogen-bond donors (Lipinski definition) is 1. The molecule has 17 heavy (non-hydrogen) atoms. The molecule has 0 fully saturated rings. The van der Waals surface area contributed by atoms with E-state index in [2.05, 4.69) is 22.4 Å². The monoisotopic (exact) mass is 228 g/mol. The minimum atomic E-state index is 0.694. The number of nitrogens with zero attached hydrogens (tertiary/aromatic N) is 1. The Hall–Kier alpha value is -1.77. The SMILES string of the molecule is Cc1ccc(CNc2ccc3c(n2)CCC3)o1. The fourth-order valence-corrected chi connectivity index (χ4v) is 2.28. The maximum Gasteiger partial charge on any atom is 0.126 e. The van der Waals surface area contributed by atoms with Crippen LogP contribution >= 0.6 is 0 Å². The fraction of sp³-hybridized carbons (Fsp3) is 0.357. The van der Waals surface area contributed by atoms with Crippen LogP contribution in [0.2, 0.25) is 0 Å². The summed E-state index contributed by atoms with van der Waals surface area (Å²) in [5, 5.41) is 3.30. The van der Waals surface area contributed by atoms with Gasteiger partial charge in [0.25, 0.3) is 0 Å². The molecule has 2 aromatic rings. The van der Waals surface area contributed by atoms with E-state index in [-0.39, 0.29) is 0 Å². The molecule has 0 atom stereocenters. The minimum absolute atomic E-state index is 0.694. The quantitative estimate of drug-likeness (QED) is 0.877. The van der Waals surface area contributed by atoms with Crippen molar-refractivity contribution in [2.75, 3.05) is 5.32 Å². The molecule has 0 saturated carbocycles. The van der Waals surface area contributed by atoms with Crippen LogP contribution in [0.4, 0.5) is 5.82 Å². The number of rotatable bonds is 3. The average Bonchev–Trinajstić information content (AvgIpc) is 2.94. The average molecular weight is 228 g/mol. The summed E-state index contributed by atoms with van der Waals surface area (Å²) in [6.07, 6.45) is 3.54. The van der Waals surface area contributed by atoms with Crippen LogP contribution in [-0.4, -0.2) is 4.98 Å². The van der Waals surface area contributed by atoms with E-state index in [1.807, 2.05) is 19.1 Å². The molecule has 1 aliphatic rings. The molecule has 1 aliphatic carbocycles. The van der Waals surface area contributed by atoms with E-state index in [9.17, 15) is 0 Å². The Morgan fingerprint density at radius 2 is 2.18 bits per heavy atom. The zero-order chi connectivity index (χ0) is 11.7. The highest BCUT2D eigenvalue weighted by Crippen LogP contribution is 2.21. The molecule has 1 N–H and O–H groups in total. The molecule has 0 unspecified atom stereocenters. The molecule has 3 nitrogen and oxygen atoms in total. The zero-order valence-corrected chi connectivity index (χ0v) is 9.99. The van der Waals surface area contributed by atoms with Crippen molar-refractivity contribution in [1.82, 2.24) is 4.98 Å². The highest BCUT2D eigenvalue weighted by Gasteiger charge is 2.12. The third kappa shape index (κ3) is 2.18. The second kappa shape index (κ2) is 4.24. The summed E-state index contributed by atoms with van der Waals surface area (Å²) < 4.78 is 5.51. The first-order chi connectivity index (χ1) is 8.31. The predicted molar refractivity (Wildman–Crippen MR) is 67.0 cm³/mol. The molecule has 88 valence electrons. The maximum atomic E-state index is 5.51. The van der Waals surface area contributed by atoms with Gasteiger partial charge in [-0.3, -0.25) is 0 Å². The molecule has 0 spiro atoms. The summed E-state index contributed by atoms with van der Waals surface area (Å²) in [6, 6.07) is 8.22. The van der Waals surface area contributed by atoms with Crippen molar-refractivity contribution < 1.29 is 4.42 Å². The van der Waals surface area contributed by atoms with E-state index >= 15 is 0 Å². The van der Waals surface area contributed by atoms with Gasteiger partial charge in [-0.15, -0.1) is 0 Å². The third-order valence-corrected chi connectivity index (χ3v) is 3.17. The molecule has 2 aromatic heterocycles. The van der Waals surface area contributed by atoms with E-state index in [1.54, 1.807) is 0 Å². The summed E-state index contributed by atoms with van der Waals surface area (Å²) in [6.45, 7) is 2.65. The summed E-state index contributed by atoms with van der Waals surface area (Å²) >= 11 is 0. The Balaban J connectivity index is 1.69. The molecule has 0 aliphatic heterocycles. The van der Waals surface area contributed by atoms with Gasteiger partial charge in [0.15, 0.2) is 0 Å². The minimum Gasteiger partial charge on any atom is -0.465 e. The van der Waals surface area contributed by atoms with Gasteiger partial charge in [0.1, 0.15) is 17.3 Å². The molecule has 0 radical (unpaired) electrons. The van der Waals surface area contributed by atoms with Crippen LogP contribution in [0, 0.1) is 6.92 Å². The van der Waals surface area contributed by atoms with Gasteiger partial charge in [0.2, 0.25) is 0 Å². The van der Waals surface area contributed by atoms with Crippen LogP contribution in [0.25, 0.3) is 0 Å². The van der Waals surface area contributed by atoms with Crippen molar-refractivity contribution in [3.05, 3.63) is 47.0 Å². The molecule has 0 amide bonds. The van der Waals surface area contributed by atoms with Crippen LogP contribution < -0.4 is 5.32 Å². The van der Waals surface area contributed by atoms with Crippen molar-refractivity contribution in [2.24, 2.45) is 0 Å². The Labute approximate surface area is 101 Å². The van der Waals surface area contributed by atoms with Crippen LogP contribution in [-0.2, 0) is 19.4 Å². The number of aryl methyl sites for hydroxylation is 3. The van der Waals surface area contributed by atoms with Crippen LogP contribution in [0.15, 0.2) is 28.7 Å². The lowest BCUT2D eigenvalue weighted by Gasteiger charge is -2.05. The Bertz CT molecular complexity index is 531. The molecule has 3 rings (SSSR count). The Morgan fingerprint density at radius 3 is 3.00 bits per heavy atom. The van der Waals surface area contributed by atoms with Gasteiger partial charge in [0, 0.05) is 5.69 Å². The normalized spacial score (nSPS) is 13.7. The van der Waals surface area contributed by atoms with Gasteiger partial charge < -0.3 is 9.73 Å². The first kappa shape index (κ1) is 10.4. The number of furan rings is 1. The number of hydrogen-bond acceptors (Lipinski definition) is 3. The number of aromatic nitrogens is 1. The highest BCUT2D eigenvalue weighted by molar-refractivity contribution is 5.40. The number of anilines is 1. The highest BCUT2D eigenvalue weighted by atomic mass is 16.3.